The van der Waals surface area contributed by atoms with E-state index < -0.39 is 0 Å². The van der Waals surface area contributed by atoms with Gasteiger partial charge in [0.05, 0.1) is 13.2 Å². The fourth-order valence-corrected chi connectivity index (χ4v) is 8.73. The Hall–Kier alpha value is -2.99. The molecule has 6 heteroatoms. The molecule has 2 aromatic rings. The summed E-state index contributed by atoms with van der Waals surface area (Å²) in [5.41, 5.74) is 3.39. The molecule has 220 valence electrons. The maximum atomic E-state index is 13.5. The number of hydrogen-bond acceptors (Lipinski definition) is 5. The molecule has 1 saturated heterocycles. The van der Waals surface area contributed by atoms with E-state index in [1.165, 1.54) is 30.4 Å². The summed E-state index contributed by atoms with van der Waals surface area (Å²) < 4.78 is 12.6. The molecule has 0 aromatic heterocycles. The second kappa shape index (κ2) is 11.7. The number of carbonyl (C=O) groups excluding carboxylic acids is 1. The number of piperidine rings is 1. The Balaban J connectivity index is 1.13. The fourth-order valence-electron chi connectivity index (χ4n) is 8.73. The van der Waals surface area contributed by atoms with Gasteiger partial charge in [0, 0.05) is 48.7 Å². The SMILES string of the molecule is C=CCN1CC[C@]23c4c5c(O)cc(OC)c4O[C@H]2[C@H](N(C)C(=O)CCCCCCCc2ccccc2)CC[C@H]3[C@H]1C5. The van der Waals surface area contributed by atoms with Gasteiger partial charge in [0.25, 0.3) is 0 Å². The van der Waals surface area contributed by atoms with Gasteiger partial charge in [-0.05, 0) is 63.0 Å². The number of carbonyl (C=O) groups is 1. The predicted octanol–water partition coefficient (Wildman–Crippen LogP) is 6.04. The largest absolute Gasteiger partial charge is 0.508 e. The van der Waals surface area contributed by atoms with Crippen LogP contribution in [0.1, 0.15) is 74.5 Å². The number of likely N-dealkylation sites (N-methyl/N-ethyl adjacent to an activating group) is 1. The van der Waals surface area contributed by atoms with Crippen molar-refractivity contribution in [3.63, 3.8) is 0 Å². The number of benzene rings is 2. The van der Waals surface area contributed by atoms with Crippen LogP contribution in [0.2, 0.25) is 0 Å². The molecule has 4 aliphatic rings. The summed E-state index contributed by atoms with van der Waals surface area (Å²) in [6, 6.07) is 12.8. The van der Waals surface area contributed by atoms with E-state index in [4.69, 9.17) is 9.47 Å². The van der Waals surface area contributed by atoms with Crippen molar-refractivity contribution in [3.8, 4) is 17.2 Å². The van der Waals surface area contributed by atoms with Crippen LogP contribution in [0.5, 0.6) is 17.2 Å². The third-order valence-electron chi connectivity index (χ3n) is 10.7. The van der Waals surface area contributed by atoms with Gasteiger partial charge in [-0.1, -0.05) is 55.7 Å². The number of phenolic OH excluding ortho intramolecular Hbond substituents is 1. The summed E-state index contributed by atoms with van der Waals surface area (Å²) in [5, 5.41) is 11.1. The van der Waals surface area contributed by atoms with Crippen molar-refractivity contribution in [3.05, 3.63) is 65.7 Å². The van der Waals surface area contributed by atoms with E-state index in [1.54, 1.807) is 13.2 Å². The molecule has 6 nitrogen and oxygen atoms in total. The van der Waals surface area contributed by atoms with Crippen LogP contribution in [0.25, 0.3) is 0 Å². The van der Waals surface area contributed by atoms with Crippen molar-refractivity contribution in [2.24, 2.45) is 5.92 Å². The van der Waals surface area contributed by atoms with Crippen LogP contribution in [-0.4, -0.2) is 66.2 Å². The van der Waals surface area contributed by atoms with Crippen molar-refractivity contribution in [1.29, 1.82) is 0 Å². The first kappa shape index (κ1) is 28.1. The van der Waals surface area contributed by atoms with Gasteiger partial charge in [0.1, 0.15) is 11.9 Å². The first-order valence-corrected chi connectivity index (χ1v) is 15.7. The molecular weight excluding hydrogens is 512 g/mol. The maximum absolute atomic E-state index is 13.5. The molecule has 41 heavy (non-hydrogen) atoms. The maximum Gasteiger partial charge on any atom is 0.222 e. The number of methoxy groups -OCH3 is 1. The lowest BCUT2D eigenvalue weighted by molar-refractivity contribution is -0.140. The number of hydrogen-bond donors (Lipinski definition) is 1. The molecule has 2 aliphatic heterocycles. The first-order chi connectivity index (χ1) is 20.0. The quantitative estimate of drug-likeness (QED) is 0.254. The Kier molecular flexibility index (Phi) is 8.04. The molecule has 2 bridgehead atoms. The van der Waals surface area contributed by atoms with Crippen LogP contribution in [-0.2, 0) is 23.1 Å². The van der Waals surface area contributed by atoms with Crippen LogP contribution in [0.3, 0.4) is 0 Å². The van der Waals surface area contributed by atoms with Crippen LogP contribution in [0.4, 0.5) is 0 Å². The molecular formula is C35H46N2O4. The Morgan fingerprint density at radius 3 is 2.76 bits per heavy atom. The summed E-state index contributed by atoms with van der Waals surface area (Å²) in [4.78, 5) is 18.1. The van der Waals surface area contributed by atoms with Crippen LogP contribution >= 0.6 is 0 Å². The summed E-state index contributed by atoms with van der Waals surface area (Å²) in [7, 11) is 3.63. The van der Waals surface area contributed by atoms with Crippen molar-refractivity contribution in [1.82, 2.24) is 9.80 Å². The zero-order valence-corrected chi connectivity index (χ0v) is 24.8. The van der Waals surface area contributed by atoms with Gasteiger partial charge in [-0.15, -0.1) is 6.58 Å². The van der Waals surface area contributed by atoms with Gasteiger partial charge in [-0.2, -0.15) is 0 Å². The second-order valence-electron chi connectivity index (χ2n) is 12.7. The van der Waals surface area contributed by atoms with Crippen LogP contribution in [0, 0.1) is 5.92 Å². The molecule has 5 atom stereocenters. The predicted molar refractivity (Wildman–Crippen MR) is 162 cm³/mol. The zero-order chi connectivity index (χ0) is 28.6. The highest BCUT2D eigenvalue weighted by atomic mass is 16.5. The smallest absolute Gasteiger partial charge is 0.222 e. The van der Waals surface area contributed by atoms with E-state index in [0.29, 0.717) is 29.9 Å². The number of aromatic hydroxyl groups is 1. The Morgan fingerprint density at radius 1 is 1.20 bits per heavy atom. The summed E-state index contributed by atoms with van der Waals surface area (Å²) in [5.74, 6) is 2.37. The van der Waals surface area contributed by atoms with Crippen molar-refractivity contribution < 1.29 is 19.4 Å². The van der Waals surface area contributed by atoms with E-state index in [9.17, 15) is 9.90 Å². The molecule has 2 aliphatic carbocycles. The molecule has 1 spiro atoms. The lowest BCUT2D eigenvalue weighted by atomic mass is 9.51. The number of nitrogens with zero attached hydrogens (tertiary/aromatic N) is 2. The van der Waals surface area contributed by atoms with Crippen LogP contribution in [0.15, 0.2) is 49.1 Å². The highest BCUT2D eigenvalue weighted by Crippen LogP contribution is 2.65. The van der Waals surface area contributed by atoms with Gasteiger partial charge in [-0.25, -0.2) is 0 Å². The molecule has 1 N–H and O–H groups in total. The van der Waals surface area contributed by atoms with E-state index in [-0.39, 0.29) is 23.5 Å². The third-order valence-corrected chi connectivity index (χ3v) is 10.7. The van der Waals surface area contributed by atoms with E-state index in [2.05, 4.69) is 41.8 Å². The third kappa shape index (κ3) is 4.82. The topological polar surface area (TPSA) is 62.2 Å². The Labute approximate surface area is 245 Å². The molecule has 2 aromatic carbocycles. The van der Waals surface area contributed by atoms with Crippen molar-refractivity contribution in [2.75, 3.05) is 27.2 Å². The number of ether oxygens (including phenoxy) is 2. The van der Waals surface area contributed by atoms with E-state index in [1.807, 2.05) is 18.0 Å². The molecule has 2 fully saturated rings. The van der Waals surface area contributed by atoms with Gasteiger partial charge < -0.3 is 19.5 Å². The van der Waals surface area contributed by atoms with Gasteiger partial charge in [0.2, 0.25) is 5.91 Å². The monoisotopic (exact) mass is 558 g/mol. The molecule has 0 radical (unpaired) electrons. The molecule has 6 rings (SSSR count). The molecule has 2 heterocycles. The number of rotatable bonds is 12. The number of unbranched alkanes of at least 4 members (excludes halogenated alkanes) is 4. The molecule has 0 unspecified atom stereocenters. The Bertz CT molecular complexity index is 1260. The Morgan fingerprint density at radius 2 is 1.98 bits per heavy atom. The normalized spacial score (nSPS) is 27.6. The zero-order valence-electron chi connectivity index (χ0n) is 24.8. The second-order valence-corrected chi connectivity index (χ2v) is 12.7. The average Bonchev–Trinajstić information content (AvgIpc) is 3.33. The first-order valence-electron chi connectivity index (χ1n) is 15.7. The highest BCUT2D eigenvalue weighted by molar-refractivity contribution is 5.76. The highest BCUT2D eigenvalue weighted by Gasteiger charge is 2.66. The van der Waals surface area contributed by atoms with Gasteiger partial charge >= 0.3 is 0 Å². The molecule has 1 saturated carbocycles. The average molecular weight is 559 g/mol. The lowest BCUT2D eigenvalue weighted by Crippen LogP contribution is -2.68. The van der Waals surface area contributed by atoms with Gasteiger partial charge in [-0.3, -0.25) is 9.69 Å². The van der Waals surface area contributed by atoms with E-state index >= 15 is 0 Å². The lowest BCUT2D eigenvalue weighted by Gasteiger charge is -2.60. The van der Waals surface area contributed by atoms with Crippen molar-refractivity contribution in [2.45, 2.75) is 94.2 Å². The van der Waals surface area contributed by atoms with Gasteiger partial charge in [0.15, 0.2) is 11.5 Å². The number of likely N-dealkylation sites (tertiary alicyclic amines) is 1. The summed E-state index contributed by atoms with van der Waals surface area (Å²) in [6.07, 6.45) is 13.0. The molecule has 1 amide bonds. The minimum absolute atomic E-state index is 0.0152. The number of amides is 1. The number of aryl methyl sites for hydroxylation is 1. The summed E-state index contributed by atoms with van der Waals surface area (Å²) >= 11 is 0. The minimum atomic E-state index is -0.201. The standard InChI is InChI=1S/C35H46N2O4/c1-4-20-37-21-19-35-26-17-18-27(34(35)41-33-30(40-3)23-29(38)25(32(33)35)22-28(26)37)36(2)31(39)16-12-7-5-6-9-13-24-14-10-8-11-15-24/h4,8,10-11,14-15,23,26-28,34,38H,1,5-7,9,12-13,16-22H2,2-3H3/t26-,27+,28+,34-,35-/m0/s1. The number of phenols is 1. The fraction of sp³-hybridized carbons (Fsp3) is 0.571. The van der Waals surface area contributed by atoms with Crippen LogP contribution < -0.4 is 9.47 Å². The van der Waals surface area contributed by atoms with Crippen molar-refractivity contribution >= 4 is 5.91 Å². The van der Waals surface area contributed by atoms with E-state index in [0.717, 1.165) is 69.3 Å². The summed E-state index contributed by atoms with van der Waals surface area (Å²) in [6.45, 7) is 5.84. The minimum Gasteiger partial charge on any atom is -0.508 e.